The summed E-state index contributed by atoms with van der Waals surface area (Å²) < 4.78 is 10.2. The van der Waals surface area contributed by atoms with Crippen molar-refractivity contribution in [2.24, 2.45) is 0 Å². The molecule has 156 valence electrons. The Labute approximate surface area is 174 Å². The van der Waals surface area contributed by atoms with E-state index in [0.29, 0.717) is 17.0 Å². The standard InChI is InChI=1S/C23H24N2O5/c1-3-30-22(26)23(25(27)28,16-24-20-10-12-21(29-2)13-11-20)15-17-8-9-18-6-4-5-7-19(18)14-17/h4-14,24H,3,15-16H2,1-2H3. The van der Waals surface area contributed by atoms with Gasteiger partial charge in [-0.15, -0.1) is 0 Å². The first-order valence-electron chi connectivity index (χ1n) is 9.66. The molecule has 0 fully saturated rings. The number of anilines is 1. The van der Waals surface area contributed by atoms with Crippen LogP contribution in [0.3, 0.4) is 0 Å². The summed E-state index contributed by atoms with van der Waals surface area (Å²) in [6.45, 7) is 1.49. The molecule has 0 bridgehead atoms. The number of carbonyl (C=O) groups excluding carboxylic acids is 1. The highest BCUT2D eigenvalue weighted by atomic mass is 16.6. The predicted octanol–water partition coefficient (Wildman–Crippen LogP) is 4.08. The summed E-state index contributed by atoms with van der Waals surface area (Å²) in [4.78, 5) is 24.4. The highest BCUT2D eigenvalue weighted by Crippen LogP contribution is 2.25. The third-order valence-electron chi connectivity index (χ3n) is 4.99. The molecule has 0 aliphatic heterocycles. The van der Waals surface area contributed by atoms with Gasteiger partial charge in [-0.25, -0.2) is 4.79 Å². The Balaban J connectivity index is 1.92. The van der Waals surface area contributed by atoms with Crippen molar-refractivity contribution in [1.29, 1.82) is 0 Å². The Bertz CT molecular complexity index is 1040. The van der Waals surface area contributed by atoms with Crippen LogP contribution in [0.15, 0.2) is 66.7 Å². The fourth-order valence-corrected chi connectivity index (χ4v) is 3.32. The second kappa shape index (κ2) is 9.26. The van der Waals surface area contributed by atoms with Gasteiger partial charge in [0, 0.05) is 10.6 Å². The first-order chi connectivity index (χ1) is 14.5. The van der Waals surface area contributed by atoms with E-state index < -0.39 is 16.4 Å². The molecule has 0 amide bonds. The van der Waals surface area contributed by atoms with E-state index in [4.69, 9.17) is 9.47 Å². The van der Waals surface area contributed by atoms with Crippen LogP contribution in [0.5, 0.6) is 5.75 Å². The lowest BCUT2D eigenvalue weighted by molar-refractivity contribution is -0.551. The van der Waals surface area contributed by atoms with Gasteiger partial charge in [0.2, 0.25) is 0 Å². The normalized spacial score (nSPS) is 12.7. The predicted molar refractivity (Wildman–Crippen MR) is 115 cm³/mol. The van der Waals surface area contributed by atoms with Crippen LogP contribution in [0.2, 0.25) is 0 Å². The van der Waals surface area contributed by atoms with Crippen molar-refractivity contribution in [1.82, 2.24) is 0 Å². The van der Waals surface area contributed by atoms with E-state index in [9.17, 15) is 14.9 Å². The first-order valence-corrected chi connectivity index (χ1v) is 9.66. The zero-order valence-electron chi connectivity index (χ0n) is 17.0. The Morgan fingerprint density at radius 1 is 1.07 bits per heavy atom. The smallest absolute Gasteiger partial charge is 0.387 e. The molecule has 1 N–H and O–H groups in total. The Hall–Kier alpha value is -3.61. The molecule has 7 nitrogen and oxygen atoms in total. The summed E-state index contributed by atoms with van der Waals surface area (Å²) in [6.07, 6.45) is -0.0905. The second-order valence-corrected chi connectivity index (χ2v) is 6.95. The summed E-state index contributed by atoms with van der Waals surface area (Å²) in [5.74, 6) is -0.188. The van der Waals surface area contributed by atoms with Crippen molar-refractivity contribution in [2.75, 3.05) is 25.6 Å². The number of hydrogen-bond acceptors (Lipinski definition) is 6. The van der Waals surface area contributed by atoms with Gasteiger partial charge in [-0.3, -0.25) is 10.1 Å². The van der Waals surface area contributed by atoms with Crippen LogP contribution in [0, 0.1) is 10.1 Å². The molecule has 0 aliphatic carbocycles. The topological polar surface area (TPSA) is 90.7 Å². The van der Waals surface area contributed by atoms with E-state index in [-0.39, 0.29) is 19.6 Å². The molecule has 7 heteroatoms. The number of nitrogens with one attached hydrogen (secondary N) is 1. The van der Waals surface area contributed by atoms with Crippen LogP contribution >= 0.6 is 0 Å². The molecular weight excluding hydrogens is 384 g/mol. The number of fused-ring (bicyclic) bond motifs is 1. The number of methoxy groups -OCH3 is 1. The lowest BCUT2D eigenvalue weighted by Crippen LogP contribution is -2.54. The van der Waals surface area contributed by atoms with E-state index in [2.05, 4.69) is 5.32 Å². The Morgan fingerprint density at radius 2 is 1.77 bits per heavy atom. The third kappa shape index (κ3) is 4.51. The highest BCUT2D eigenvalue weighted by molar-refractivity contribution is 5.84. The van der Waals surface area contributed by atoms with Gasteiger partial charge in [0.15, 0.2) is 0 Å². The molecule has 0 spiro atoms. The van der Waals surface area contributed by atoms with E-state index in [1.165, 1.54) is 0 Å². The van der Waals surface area contributed by atoms with Gasteiger partial charge in [0.05, 0.1) is 26.7 Å². The van der Waals surface area contributed by atoms with Gasteiger partial charge >= 0.3 is 11.5 Å². The average molecular weight is 408 g/mol. The lowest BCUT2D eigenvalue weighted by atomic mass is 9.90. The minimum Gasteiger partial charge on any atom is -0.497 e. The minimum atomic E-state index is -1.96. The average Bonchev–Trinajstić information content (AvgIpc) is 2.76. The highest BCUT2D eigenvalue weighted by Gasteiger charge is 2.52. The van der Waals surface area contributed by atoms with Crippen molar-refractivity contribution in [2.45, 2.75) is 18.9 Å². The number of esters is 1. The van der Waals surface area contributed by atoms with E-state index in [1.54, 1.807) is 38.3 Å². The quantitative estimate of drug-likeness (QED) is 0.326. The molecule has 0 heterocycles. The molecule has 0 saturated carbocycles. The minimum absolute atomic E-state index is 0.0642. The van der Waals surface area contributed by atoms with Crippen molar-refractivity contribution in [3.05, 3.63) is 82.4 Å². The monoisotopic (exact) mass is 408 g/mol. The number of rotatable bonds is 9. The van der Waals surface area contributed by atoms with Crippen LogP contribution in [-0.2, 0) is 16.0 Å². The number of hydrogen-bond donors (Lipinski definition) is 1. The van der Waals surface area contributed by atoms with Gasteiger partial charge in [-0.2, -0.15) is 0 Å². The largest absolute Gasteiger partial charge is 0.497 e. The molecule has 30 heavy (non-hydrogen) atoms. The molecule has 0 aromatic heterocycles. The van der Waals surface area contributed by atoms with Crippen LogP contribution in [-0.4, -0.2) is 36.7 Å². The summed E-state index contributed by atoms with van der Waals surface area (Å²) in [5.41, 5.74) is -0.627. The summed E-state index contributed by atoms with van der Waals surface area (Å²) in [7, 11) is 1.56. The second-order valence-electron chi connectivity index (χ2n) is 6.95. The third-order valence-corrected chi connectivity index (χ3v) is 4.99. The SMILES string of the molecule is CCOC(=O)C(CNc1ccc(OC)cc1)(Cc1ccc2ccccc2c1)[N+](=O)[O-]. The van der Waals surface area contributed by atoms with Gasteiger partial charge in [0.1, 0.15) is 5.75 Å². The van der Waals surface area contributed by atoms with Gasteiger partial charge < -0.3 is 14.8 Å². The molecule has 0 saturated heterocycles. The zero-order valence-corrected chi connectivity index (χ0v) is 17.0. The lowest BCUT2D eigenvalue weighted by Gasteiger charge is -2.24. The van der Waals surface area contributed by atoms with Crippen molar-refractivity contribution in [3.8, 4) is 5.75 Å². The maximum Gasteiger partial charge on any atom is 0.387 e. The van der Waals surface area contributed by atoms with Crippen molar-refractivity contribution < 1.29 is 19.2 Å². The zero-order chi connectivity index (χ0) is 21.6. The maximum atomic E-state index is 12.8. The van der Waals surface area contributed by atoms with E-state index in [1.807, 2.05) is 42.5 Å². The molecule has 1 atom stereocenters. The summed E-state index contributed by atoms with van der Waals surface area (Å²) >= 11 is 0. The van der Waals surface area contributed by atoms with Crippen LogP contribution < -0.4 is 10.1 Å². The van der Waals surface area contributed by atoms with Crippen molar-refractivity contribution >= 4 is 22.4 Å². The molecule has 3 rings (SSSR count). The molecular formula is C23H24N2O5. The molecule has 3 aromatic carbocycles. The number of nitrogens with zero attached hydrogens (tertiary/aromatic N) is 1. The molecule has 0 radical (unpaired) electrons. The molecule has 0 aliphatic rings. The van der Waals surface area contributed by atoms with Gasteiger partial charge in [0.25, 0.3) is 0 Å². The van der Waals surface area contributed by atoms with Crippen LogP contribution in [0.4, 0.5) is 5.69 Å². The van der Waals surface area contributed by atoms with Crippen LogP contribution in [0.25, 0.3) is 10.8 Å². The molecule has 3 aromatic rings. The first kappa shape index (κ1) is 21.1. The maximum absolute atomic E-state index is 12.8. The Kier molecular flexibility index (Phi) is 6.51. The fourth-order valence-electron chi connectivity index (χ4n) is 3.32. The van der Waals surface area contributed by atoms with E-state index in [0.717, 1.165) is 10.8 Å². The van der Waals surface area contributed by atoms with Gasteiger partial charge in [-0.1, -0.05) is 42.5 Å². The molecule has 1 unspecified atom stereocenters. The van der Waals surface area contributed by atoms with Crippen LogP contribution in [0.1, 0.15) is 12.5 Å². The number of benzene rings is 3. The number of ether oxygens (including phenoxy) is 2. The summed E-state index contributed by atoms with van der Waals surface area (Å²) in [5, 5.41) is 17.2. The summed E-state index contributed by atoms with van der Waals surface area (Å²) in [6, 6.07) is 20.3. The number of nitro groups is 1. The fraction of sp³-hybridized carbons (Fsp3) is 0.261. The van der Waals surface area contributed by atoms with Crippen molar-refractivity contribution in [3.63, 3.8) is 0 Å². The number of carbonyl (C=O) groups is 1. The van der Waals surface area contributed by atoms with E-state index >= 15 is 0 Å². The van der Waals surface area contributed by atoms with Gasteiger partial charge in [-0.05, 0) is 47.5 Å². The Morgan fingerprint density at radius 3 is 2.40 bits per heavy atom.